The lowest BCUT2D eigenvalue weighted by Gasteiger charge is -2.26. The molecule has 1 heterocycles. The molecule has 0 saturated carbocycles. The van der Waals surface area contributed by atoms with Crippen molar-refractivity contribution in [1.29, 1.82) is 0 Å². The summed E-state index contributed by atoms with van der Waals surface area (Å²) in [7, 11) is 0. The van der Waals surface area contributed by atoms with Crippen LogP contribution in [-0.4, -0.2) is 18.5 Å². The van der Waals surface area contributed by atoms with Gasteiger partial charge in [-0.05, 0) is 42.5 Å². The minimum absolute atomic E-state index is 0.0124. The van der Waals surface area contributed by atoms with Crippen LogP contribution in [0, 0.1) is 0 Å². The zero-order valence-electron chi connectivity index (χ0n) is 13.7. The lowest BCUT2D eigenvalue weighted by molar-refractivity contribution is -0.118. The monoisotopic (exact) mass is 337 g/mol. The summed E-state index contributed by atoms with van der Waals surface area (Å²) in [6, 6.07) is 13.2. The third-order valence-electron chi connectivity index (χ3n) is 4.55. The van der Waals surface area contributed by atoms with Gasteiger partial charge in [0.15, 0.2) is 6.61 Å². The van der Waals surface area contributed by atoms with Crippen LogP contribution in [0.2, 0.25) is 0 Å². The van der Waals surface area contributed by atoms with Crippen molar-refractivity contribution in [3.05, 3.63) is 53.6 Å². The number of fused-ring (bicyclic) bond motifs is 2. The molecule has 3 N–H and O–H groups in total. The SMILES string of the molecule is O=C1COc2cc(NC(=O)N[C@H]3CCCc4ccccc43)ccc2N1. The van der Waals surface area contributed by atoms with Gasteiger partial charge in [0.2, 0.25) is 0 Å². The van der Waals surface area contributed by atoms with E-state index in [0.717, 1.165) is 19.3 Å². The molecule has 1 aliphatic heterocycles. The van der Waals surface area contributed by atoms with Crippen molar-refractivity contribution in [2.75, 3.05) is 17.2 Å². The summed E-state index contributed by atoms with van der Waals surface area (Å²) in [5, 5.41) is 8.61. The van der Waals surface area contributed by atoms with E-state index in [-0.39, 0.29) is 24.6 Å². The standard InChI is InChI=1S/C19H19N3O3/c23-18-11-25-17-10-13(8-9-16(17)21-18)20-19(24)22-15-7-3-5-12-4-1-2-6-14(12)15/h1-2,4,6,8-10,15H,3,5,7,11H2,(H,21,23)(H2,20,22,24)/t15-/m0/s1. The Morgan fingerprint density at radius 3 is 3.00 bits per heavy atom. The molecule has 0 aromatic heterocycles. The summed E-state index contributed by atoms with van der Waals surface area (Å²) in [5.41, 5.74) is 3.73. The fourth-order valence-electron chi connectivity index (χ4n) is 3.38. The molecule has 0 spiro atoms. The van der Waals surface area contributed by atoms with Gasteiger partial charge < -0.3 is 20.7 Å². The molecule has 0 radical (unpaired) electrons. The maximum Gasteiger partial charge on any atom is 0.319 e. The maximum atomic E-state index is 12.4. The second-order valence-electron chi connectivity index (χ2n) is 6.29. The smallest absolute Gasteiger partial charge is 0.319 e. The number of amides is 3. The Bertz CT molecular complexity index is 834. The average Bonchev–Trinajstić information content (AvgIpc) is 2.62. The number of benzene rings is 2. The Balaban J connectivity index is 1.44. The van der Waals surface area contributed by atoms with Crippen LogP contribution in [0.4, 0.5) is 16.2 Å². The Morgan fingerprint density at radius 2 is 2.08 bits per heavy atom. The number of aryl methyl sites for hydroxylation is 1. The summed E-state index contributed by atoms with van der Waals surface area (Å²) in [6.45, 7) is -0.0124. The summed E-state index contributed by atoms with van der Waals surface area (Å²) in [5.74, 6) is 0.377. The maximum absolute atomic E-state index is 12.4. The average molecular weight is 337 g/mol. The highest BCUT2D eigenvalue weighted by molar-refractivity contribution is 5.96. The van der Waals surface area contributed by atoms with Crippen LogP contribution in [0.1, 0.15) is 30.0 Å². The summed E-state index contributed by atoms with van der Waals surface area (Å²) in [6.07, 6.45) is 3.06. The van der Waals surface area contributed by atoms with Crippen molar-refractivity contribution in [2.24, 2.45) is 0 Å². The third kappa shape index (κ3) is 3.28. The number of hydrogen-bond acceptors (Lipinski definition) is 3. The minimum Gasteiger partial charge on any atom is -0.482 e. The van der Waals surface area contributed by atoms with Crippen LogP contribution < -0.4 is 20.7 Å². The zero-order chi connectivity index (χ0) is 17.2. The van der Waals surface area contributed by atoms with Gasteiger partial charge in [0.1, 0.15) is 5.75 Å². The highest BCUT2D eigenvalue weighted by Crippen LogP contribution is 2.31. The van der Waals surface area contributed by atoms with Gasteiger partial charge in [-0.3, -0.25) is 4.79 Å². The third-order valence-corrected chi connectivity index (χ3v) is 4.55. The molecule has 2 aromatic carbocycles. The van der Waals surface area contributed by atoms with E-state index < -0.39 is 0 Å². The van der Waals surface area contributed by atoms with E-state index in [1.807, 2.05) is 12.1 Å². The molecule has 0 saturated heterocycles. The topological polar surface area (TPSA) is 79.5 Å². The highest BCUT2D eigenvalue weighted by Gasteiger charge is 2.22. The van der Waals surface area contributed by atoms with E-state index in [0.29, 0.717) is 17.1 Å². The van der Waals surface area contributed by atoms with Crippen molar-refractivity contribution in [2.45, 2.75) is 25.3 Å². The first-order valence-electron chi connectivity index (χ1n) is 8.41. The van der Waals surface area contributed by atoms with Crippen molar-refractivity contribution in [3.63, 3.8) is 0 Å². The van der Waals surface area contributed by atoms with Gasteiger partial charge in [0, 0.05) is 11.8 Å². The molecule has 128 valence electrons. The largest absolute Gasteiger partial charge is 0.482 e. The first-order chi connectivity index (χ1) is 12.2. The van der Waals surface area contributed by atoms with Crippen molar-refractivity contribution < 1.29 is 14.3 Å². The number of carbonyl (C=O) groups is 2. The molecule has 6 heteroatoms. The minimum atomic E-state index is -0.249. The van der Waals surface area contributed by atoms with Gasteiger partial charge in [-0.2, -0.15) is 0 Å². The predicted octanol–water partition coefficient (Wildman–Crippen LogP) is 3.22. The molecule has 4 rings (SSSR count). The van der Waals surface area contributed by atoms with Gasteiger partial charge in [0.25, 0.3) is 5.91 Å². The first kappa shape index (κ1) is 15.5. The molecule has 2 aliphatic rings. The molecule has 0 fully saturated rings. The molecule has 2 aromatic rings. The molecule has 25 heavy (non-hydrogen) atoms. The van der Waals surface area contributed by atoms with E-state index in [4.69, 9.17) is 4.74 Å². The van der Waals surface area contributed by atoms with Gasteiger partial charge >= 0.3 is 6.03 Å². The molecular formula is C19H19N3O3. The molecule has 6 nitrogen and oxygen atoms in total. The van der Waals surface area contributed by atoms with Crippen molar-refractivity contribution >= 4 is 23.3 Å². The molecule has 1 atom stereocenters. The van der Waals surface area contributed by atoms with Gasteiger partial charge in [0.05, 0.1) is 11.7 Å². The Kier molecular flexibility index (Phi) is 4.01. The zero-order valence-corrected chi connectivity index (χ0v) is 13.7. The number of urea groups is 1. The van der Waals surface area contributed by atoms with E-state index in [2.05, 4.69) is 28.1 Å². The Hall–Kier alpha value is -3.02. The number of rotatable bonds is 2. The van der Waals surface area contributed by atoms with Crippen LogP contribution in [0.3, 0.4) is 0 Å². The molecule has 3 amide bonds. The number of nitrogens with one attached hydrogen (secondary N) is 3. The lowest BCUT2D eigenvalue weighted by atomic mass is 9.88. The normalized spacial score (nSPS) is 18.2. The lowest BCUT2D eigenvalue weighted by Crippen LogP contribution is -2.34. The van der Waals surface area contributed by atoms with Crippen LogP contribution in [0.5, 0.6) is 5.75 Å². The molecule has 0 unspecified atom stereocenters. The predicted molar refractivity (Wildman–Crippen MR) is 94.8 cm³/mol. The summed E-state index contributed by atoms with van der Waals surface area (Å²) < 4.78 is 5.37. The highest BCUT2D eigenvalue weighted by atomic mass is 16.5. The van der Waals surface area contributed by atoms with E-state index in [1.165, 1.54) is 11.1 Å². The van der Waals surface area contributed by atoms with Gasteiger partial charge in [-0.15, -0.1) is 0 Å². The number of anilines is 2. The van der Waals surface area contributed by atoms with Crippen molar-refractivity contribution in [3.8, 4) is 5.75 Å². The number of carbonyl (C=O) groups excluding carboxylic acids is 2. The number of ether oxygens (including phenoxy) is 1. The van der Waals surface area contributed by atoms with Crippen LogP contribution in [0.25, 0.3) is 0 Å². The Morgan fingerprint density at radius 1 is 1.20 bits per heavy atom. The van der Waals surface area contributed by atoms with Crippen molar-refractivity contribution in [1.82, 2.24) is 5.32 Å². The number of hydrogen-bond donors (Lipinski definition) is 3. The second kappa shape index (κ2) is 6.47. The first-order valence-corrected chi connectivity index (χ1v) is 8.41. The van der Waals surface area contributed by atoms with E-state index in [1.54, 1.807) is 18.2 Å². The summed E-state index contributed by atoms with van der Waals surface area (Å²) in [4.78, 5) is 23.7. The van der Waals surface area contributed by atoms with E-state index in [9.17, 15) is 9.59 Å². The molecule has 0 bridgehead atoms. The second-order valence-corrected chi connectivity index (χ2v) is 6.29. The fraction of sp³-hybridized carbons (Fsp3) is 0.263. The Labute approximate surface area is 145 Å². The van der Waals surface area contributed by atoms with Gasteiger partial charge in [-0.1, -0.05) is 24.3 Å². The quantitative estimate of drug-likeness (QED) is 0.787. The molecular weight excluding hydrogens is 318 g/mol. The molecule has 1 aliphatic carbocycles. The van der Waals surface area contributed by atoms with Gasteiger partial charge in [-0.25, -0.2) is 4.79 Å². The van der Waals surface area contributed by atoms with Crippen LogP contribution in [-0.2, 0) is 11.2 Å². The van der Waals surface area contributed by atoms with E-state index >= 15 is 0 Å². The fourth-order valence-corrected chi connectivity index (χ4v) is 3.38. The van der Waals surface area contributed by atoms with Crippen LogP contribution >= 0.6 is 0 Å². The summed E-state index contributed by atoms with van der Waals surface area (Å²) >= 11 is 0. The van der Waals surface area contributed by atoms with Crippen LogP contribution in [0.15, 0.2) is 42.5 Å².